The van der Waals surface area contributed by atoms with Crippen LogP contribution in [-0.2, 0) is 17.6 Å². The van der Waals surface area contributed by atoms with Crippen molar-refractivity contribution in [2.45, 2.75) is 79.1 Å². The molecule has 22 heavy (non-hydrogen) atoms. The Labute approximate surface area is 136 Å². The normalized spacial score (nSPS) is 11.3. The van der Waals surface area contributed by atoms with Gasteiger partial charge < -0.3 is 0 Å². The Kier molecular flexibility index (Phi) is 8.81. The minimum Gasteiger partial charge on any atom is -0.299 e. The van der Waals surface area contributed by atoms with E-state index in [4.69, 9.17) is 0 Å². The molecule has 1 heteroatoms. The highest BCUT2D eigenvalue weighted by Gasteiger charge is 2.04. The lowest BCUT2D eigenvalue weighted by Gasteiger charge is -2.12. The van der Waals surface area contributed by atoms with E-state index in [1.165, 1.54) is 54.4 Å². The summed E-state index contributed by atoms with van der Waals surface area (Å²) < 4.78 is 0. The lowest BCUT2D eigenvalue weighted by molar-refractivity contribution is -0.117. The van der Waals surface area contributed by atoms with Gasteiger partial charge in [0.2, 0.25) is 0 Å². The second kappa shape index (κ2) is 10.4. The Morgan fingerprint density at radius 2 is 1.68 bits per heavy atom. The van der Waals surface area contributed by atoms with Crippen molar-refractivity contribution in [3.63, 3.8) is 0 Å². The number of aryl methyl sites for hydroxylation is 3. The summed E-state index contributed by atoms with van der Waals surface area (Å²) in [7, 11) is 0. The molecule has 1 rings (SSSR count). The van der Waals surface area contributed by atoms with Gasteiger partial charge in [0, 0.05) is 12.8 Å². The summed E-state index contributed by atoms with van der Waals surface area (Å²) in [5.41, 5.74) is 5.91. The van der Waals surface area contributed by atoms with Gasteiger partial charge in [-0.05, 0) is 68.2 Å². The smallest absolute Gasteiger partial charge is 0.136 e. The summed E-state index contributed by atoms with van der Waals surface area (Å²) in [5.74, 6) is 0.328. The predicted molar refractivity (Wildman–Crippen MR) is 96.5 cm³/mol. The maximum Gasteiger partial charge on any atom is 0.136 e. The van der Waals surface area contributed by atoms with Crippen molar-refractivity contribution in [3.05, 3.63) is 46.5 Å². The molecule has 0 aromatic heterocycles. The lowest BCUT2D eigenvalue weighted by Crippen LogP contribution is -1.97. The van der Waals surface area contributed by atoms with E-state index in [1.54, 1.807) is 0 Å². The van der Waals surface area contributed by atoms with Crippen molar-refractivity contribution in [1.82, 2.24) is 0 Å². The molecule has 1 aromatic carbocycles. The first-order valence-electron chi connectivity index (χ1n) is 8.84. The molecule has 122 valence electrons. The average Bonchev–Trinajstić information content (AvgIpc) is 2.48. The first kappa shape index (κ1) is 18.7. The van der Waals surface area contributed by atoms with Gasteiger partial charge >= 0.3 is 0 Å². The molecule has 0 aliphatic heterocycles. The summed E-state index contributed by atoms with van der Waals surface area (Å²) in [5, 5.41) is 0. The predicted octanol–water partition coefficient (Wildman–Crippen LogP) is 5.89. The van der Waals surface area contributed by atoms with Crippen molar-refractivity contribution in [1.29, 1.82) is 0 Å². The standard InChI is InChI=1S/C21H32O/c1-5-12-19-15-17(3)21(18(4)16-19)14-11-9-7-8-10-13-20(22)6-2/h8,10,15-16H,5-7,9,11-14H2,1-4H3/b10-8-. The first-order chi connectivity index (χ1) is 10.6. The first-order valence-corrected chi connectivity index (χ1v) is 8.84. The molecule has 0 aliphatic rings. The van der Waals surface area contributed by atoms with Crippen molar-refractivity contribution in [2.24, 2.45) is 0 Å². The molecule has 0 heterocycles. The van der Waals surface area contributed by atoms with E-state index in [1.807, 2.05) is 13.0 Å². The number of allylic oxidation sites excluding steroid dienone is 2. The van der Waals surface area contributed by atoms with Crippen LogP contribution in [0.3, 0.4) is 0 Å². The molecule has 0 N–H and O–H groups in total. The van der Waals surface area contributed by atoms with E-state index >= 15 is 0 Å². The minimum atomic E-state index is 0.328. The molecule has 0 saturated heterocycles. The molecule has 0 aliphatic carbocycles. The fourth-order valence-electron chi connectivity index (χ4n) is 2.95. The number of carbonyl (C=O) groups is 1. The van der Waals surface area contributed by atoms with E-state index in [0.717, 1.165) is 6.42 Å². The topological polar surface area (TPSA) is 17.1 Å². The molecule has 0 fully saturated rings. The lowest BCUT2D eigenvalue weighted by atomic mass is 9.93. The number of Topliss-reactive ketones (excluding diaryl/α,β-unsaturated/α-hetero) is 1. The zero-order valence-corrected chi connectivity index (χ0v) is 14.9. The zero-order chi connectivity index (χ0) is 16.4. The fourth-order valence-corrected chi connectivity index (χ4v) is 2.95. The minimum absolute atomic E-state index is 0.328. The second-order valence-corrected chi connectivity index (χ2v) is 6.27. The number of ketones is 1. The summed E-state index contributed by atoms with van der Waals surface area (Å²) in [6.45, 7) is 8.66. The van der Waals surface area contributed by atoms with Crippen LogP contribution in [0, 0.1) is 13.8 Å². The summed E-state index contributed by atoms with van der Waals surface area (Å²) in [6.07, 6.45) is 12.5. The maximum atomic E-state index is 11.2. The van der Waals surface area contributed by atoms with Crippen LogP contribution < -0.4 is 0 Å². The van der Waals surface area contributed by atoms with Crippen LogP contribution in [0.15, 0.2) is 24.3 Å². The number of hydrogen-bond donors (Lipinski definition) is 0. The molecule has 0 atom stereocenters. The highest BCUT2D eigenvalue weighted by atomic mass is 16.1. The quantitative estimate of drug-likeness (QED) is 0.388. The van der Waals surface area contributed by atoms with Gasteiger partial charge in [-0.15, -0.1) is 0 Å². The van der Waals surface area contributed by atoms with Gasteiger partial charge in [-0.25, -0.2) is 0 Å². The summed E-state index contributed by atoms with van der Waals surface area (Å²) in [4.78, 5) is 11.2. The largest absolute Gasteiger partial charge is 0.299 e. The van der Waals surface area contributed by atoms with Crippen LogP contribution in [0.5, 0.6) is 0 Å². The van der Waals surface area contributed by atoms with Gasteiger partial charge in [0.05, 0.1) is 0 Å². The molecule has 0 amide bonds. The molecule has 1 nitrogen and oxygen atoms in total. The van der Waals surface area contributed by atoms with Gasteiger partial charge in [0.15, 0.2) is 0 Å². The molecule has 0 bridgehead atoms. The highest BCUT2D eigenvalue weighted by molar-refractivity contribution is 5.79. The number of unbranched alkanes of at least 4 members (excludes halogenated alkanes) is 2. The third-order valence-corrected chi connectivity index (χ3v) is 4.25. The van der Waals surface area contributed by atoms with E-state index in [-0.39, 0.29) is 0 Å². The van der Waals surface area contributed by atoms with Crippen LogP contribution in [0.2, 0.25) is 0 Å². The van der Waals surface area contributed by atoms with Crippen LogP contribution in [0.25, 0.3) is 0 Å². The molecule has 0 unspecified atom stereocenters. The maximum absolute atomic E-state index is 11.2. The van der Waals surface area contributed by atoms with Crippen LogP contribution >= 0.6 is 0 Å². The molecule has 0 radical (unpaired) electrons. The number of carbonyl (C=O) groups excluding carboxylic acids is 1. The van der Waals surface area contributed by atoms with Gasteiger partial charge in [-0.2, -0.15) is 0 Å². The van der Waals surface area contributed by atoms with E-state index in [2.05, 4.69) is 39.0 Å². The van der Waals surface area contributed by atoms with E-state index in [0.29, 0.717) is 18.6 Å². The zero-order valence-electron chi connectivity index (χ0n) is 14.9. The molecule has 0 saturated carbocycles. The Morgan fingerprint density at radius 1 is 1.00 bits per heavy atom. The third kappa shape index (κ3) is 6.60. The Hall–Kier alpha value is -1.37. The van der Waals surface area contributed by atoms with Crippen molar-refractivity contribution < 1.29 is 4.79 Å². The van der Waals surface area contributed by atoms with Crippen molar-refractivity contribution >= 4 is 5.78 Å². The third-order valence-electron chi connectivity index (χ3n) is 4.25. The van der Waals surface area contributed by atoms with Crippen LogP contribution in [0.1, 0.15) is 74.6 Å². The molecular formula is C21H32O. The fraction of sp³-hybridized carbons (Fsp3) is 0.571. The number of hydrogen-bond acceptors (Lipinski definition) is 1. The molecule has 0 spiro atoms. The van der Waals surface area contributed by atoms with Crippen molar-refractivity contribution in [2.75, 3.05) is 0 Å². The van der Waals surface area contributed by atoms with E-state index < -0.39 is 0 Å². The Balaban J connectivity index is 2.37. The SMILES string of the molecule is CCCc1cc(C)c(CCCC/C=C\CC(=O)CC)c(C)c1. The highest BCUT2D eigenvalue weighted by Crippen LogP contribution is 2.20. The summed E-state index contributed by atoms with van der Waals surface area (Å²) >= 11 is 0. The molecule has 1 aromatic rings. The molecular weight excluding hydrogens is 268 g/mol. The number of rotatable bonds is 10. The van der Waals surface area contributed by atoms with Gasteiger partial charge in [-0.1, -0.05) is 44.6 Å². The van der Waals surface area contributed by atoms with Crippen LogP contribution in [-0.4, -0.2) is 5.78 Å². The van der Waals surface area contributed by atoms with Crippen LogP contribution in [0.4, 0.5) is 0 Å². The average molecular weight is 300 g/mol. The van der Waals surface area contributed by atoms with Crippen molar-refractivity contribution in [3.8, 4) is 0 Å². The summed E-state index contributed by atoms with van der Waals surface area (Å²) in [6, 6.07) is 4.73. The Morgan fingerprint density at radius 3 is 2.27 bits per heavy atom. The monoisotopic (exact) mass is 300 g/mol. The Bertz CT molecular complexity index is 474. The van der Waals surface area contributed by atoms with E-state index in [9.17, 15) is 4.79 Å². The van der Waals surface area contributed by atoms with Gasteiger partial charge in [-0.3, -0.25) is 4.79 Å². The van der Waals surface area contributed by atoms with Gasteiger partial charge in [0.25, 0.3) is 0 Å². The second-order valence-electron chi connectivity index (χ2n) is 6.27. The number of benzene rings is 1. The van der Waals surface area contributed by atoms with Gasteiger partial charge in [0.1, 0.15) is 5.78 Å².